The van der Waals surface area contributed by atoms with Crippen LogP contribution in [0.25, 0.3) is 0 Å². The number of halogens is 1. The Labute approximate surface area is 166 Å². The summed E-state index contributed by atoms with van der Waals surface area (Å²) in [6.45, 7) is 6.83. The van der Waals surface area contributed by atoms with Gasteiger partial charge in [0.2, 0.25) is 5.91 Å². The Bertz CT molecular complexity index is 782. The molecule has 1 amide bonds. The lowest BCUT2D eigenvalue weighted by molar-refractivity contribution is -0.125. The van der Waals surface area contributed by atoms with Crippen LogP contribution in [0.4, 0.5) is 0 Å². The number of aromatic nitrogens is 1. The number of aryl methyl sites for hydroxylation is 1. The van der Waals surface area contributed by atoms with E-state index >= 15 is 0 Å². The molecule has 0 saturated carbocycles. The lowest BCUT2D eigenvalue weighted by Crippen LogP contribution is -2.42. The first-order chi connectivity index (χ1) is 13.0. The zero-order valence-corrected chi connectivity index (χ0v) is 16.7. The Hall–Kier alpha value is -1.95. The second-order valence-electron chi connectivity index (χ2n) is 7.05. The van der Waals surface area contributed by atoms with Gasteiger partial charge in [0.05, 0.1) is 11.7 Å². The van der Waals surface area contributed by atoms with Crippen LogP contribution in [0.2, 0.25) is 5.02 Å². The third-order valence-corrected chi connectivity index (χ3v) is 5.08. The maximum atomic E-state index is 12.6. The van der Waals surface area contributed by atoms with Crippen molar-refractivity contribution in [2.45, 2.75) is 45.4 Å². The molecule has 1 aliphatic heterocycles. The maximum Gasteiger partial charge on any atom is 0.237 e. The van der Waals surface area contributed by atoms with Gasteiger partial charge in [-0.25, -0.2) is 0 Å². The molecule has 1 aliphatic rings. The molecule has 2 N–H and O–H groups in total. The molecule has 0 unspecified atom stereocenters. The fourth-order valence-corrected chi connectivity index (χ4v) is 3.82. The van der Waals surface area contributed by atoms with E-state index in [2.05, 4.69) is 26.6 Å². The number of rotatable bonds is 7. The molecule has 0 bridgehead atoms. The van der Waals surface area contributed by atoms with Crippen molar-refractivity contribution in [3.8, 4) is 0 Å². The van der Waals surface area contributed by atoms with Gasteiger partial charge in [0.15, 0.2) is 0 Å². The highest BCUT2D eigenvalue weighted by molar-refractivity contribution is 6.30. The first kappa shape index (κ1) is 19.8. The molecule has 1 aromatic carbocycles. The molecular weight excluding hydrogens is 360 g/mol. The Morgan fingerprint density at radius 3 is 2.85 bits per heavy atom. The van der Waals surface area contributed by atoms with Gasteiger partial charge < -0.3 is 10.6 Å². The van der Waals surface area contributed by atoms with Crippen LogP contribution >= 0.6 is 11.6 Å². The molecule has 2 aromatic rings. The van der Waals surface area contributed by atoms with Crippen molar-refractivity contribution in [1.82, 2.24) is 20.5 Å². The second-order valence-corrected chi connectivity index (χ2v) is 7.49. The Kier molecular flexibility index (Phi) is 6.83. The summed E-state index contributed by atoms with van der Waals surface area (Å²) in [5.41, 5.74) is 3.17. The highest BCUT2D eigenvalue weighted by Gasteiger charge is 2.36. The third-order valence-electron chi connectivity index (χ3n) is 4.85. The van der Waals surface area contributed by atoms with Gasteiger partial charge in [-0.15, -0.1) is 0 Å². The molecule has 0 aliphatic carbocycles. The molecule has 144 valence electrons. The summed E-state index contributed by atoms with van der Waals surface area (Å²) in [5.74, 6) is 0.0949. The largest absolute Gasteiger partial charge is 0.355 e. The summed E-state index contributed by atoms with van der Waals surface area (Å²) < 4.78 is 0. The standard InChI is InChI=1S/C21H27ClN4O/c1-3-23-21(27)20-11-19(24-12-18-9-4-6-15(2)25-18)14-26(20)13-16-7-5-8-17(22)10-16/h4-10,19-20,24H,3,11-14H2,1-2H3,(H,23,27)/t19-,20-/m0/s1. The number of benzene rings is 1. The summed E-state index contributed by atoms with van der Waals surface area (Å²) in [7, 11) is 0. The van der Waals surface area contributed by atoms with E-state index < -0.39 is 0 Å². The normalized spacial score (nSPS) is 20.0. The minimum absolute atomic E-state index is 0.0949. The number of hydrogen-bond acceptors (Lipinski definition) is 4. The van der Waals surface area contributed by atoms with E-state index in [1.54, 1.807) is 0 Å². The van der Waals surface area contributed by atoms with E-state index in [0.29, 0.717) is 19.6 Å². The quantitative estimate of drug-likeness (QED) is 0.768. The van der Waals surface area contributed by atoms with Gasteiger partial charge in [-0.1, -0.05) is 29.8 Å². The van der Waals surface area contributed by atoms with Crippen LogP contribution in [0.15, 0.2) is 42.5 Å². The van der Waals surface area contributed by atoms with Crippen molar-refractivity contribution in [3.63, 3.8) is 0 Å². The molecule has 1 fully saturated rings. The van der Waals surface area contributed by atoms with Gasteiger partial charge in [-0.3, -0.25) is 14.7 Å². The molecule has 6 heteroatoms. The van der Waals surface area contributed by atoms with Crippen molar-refractivity contribution in [3.05, 3.63) is 64.4 Å². The number of amides is 1. The van der Waals surface area contributed by atoms with E-state index in [0.717, 1.165) is 34.9 Å². The monoisotopic (exact) mass is 386 g/mol. The summed E-state index contributed by atoms with van der Waals surface area (Å²) in [4.78, 5) is 19.3. The molecule has 0 radical (unpaired) electrons. The number of carbonyl (C=O) groups is 1. The predicted molar refractivity (Wildman–Crippen MR) is 109 cm³/mol. The zero-order valence-electron chi connectivity index (χ0n) is 15.9. The minimum atomic E-state index is -0.132. The van der Waals surface area contributed by atoms with Gasteiger partial charge in [-0.05, 0) is 50.1 Å². The topological polar surface area (TPSA) is 57.3 Å². The van der Waals surface area contributed by atoms with Crippen molar-refractivity contribution >= 4 is 17.5 Å². The minimum Gasteiger partial charge on any atom is -0.355 e. The van der Waals surface area contributed by atoms with Crippen molar-refractivity contribution < 1.29 is 4.79 Å². The predicted octanol–water partition coefficient (Wildman–Crippen LogP) is 2.91. The first-order valence-electron chi connectivity index (χ1n) is 9.47. The number of likely N-dealkylation sites (N-methyl/N-ethyl adjacent to an activating group) is 1. The molecule has 0 spiro atoms. The molecule has 5 nitrogen and oxygen atoms in total. The molecular formula is C21H27ClN4O. The van der Waals surface area contributed by atoms with Gasteiger partial charge >= 0.3 is 0 Å². The molecule has 2 heterocycles. The van der Waals surface area contributed by atoms with Gasteiger partial charge in [0.1, 0.15) is 0 Å². The van der Waals surface area contributed by atoms with E-state index in [-0.39, 0.29) is 18.0 Å². The lowest BCUT2D eigenvalue weighted by atomic mass is 10.1. The lowest BCUT2D eigenvalue weighted by Gasteiger charge is -2.23. The first-order valence-corrected chi connectivity index (χ1v) is 9.85. The third kappa shape index (κ3) is 5.51. The number of likely N-dealkylation sites (tertiary alicyclic amines) is 1. The summed E-state index contributed by atoms with van der Waals surface area (Å²) in [6.07, 6.45) is 0.790. The average molecular weight is 387 g/mol. The van der Waals surface area contributed by atoms with E-state index in [1.165, 1.54) is 0 Å². The van der Waals surface area contributed by atoms with Crippen molar-refractivity contribution in [1.29, 1.82) is 0 Å². The van der Waals surface area contributed by atoms with Gasteiger partial charge in [0, 0.05) is 42.9 Å². The van der Waals surface area contributed by atoms with E-state index in [9.17, 15) is 4.79 Å². The molecule has 27 heavy (non-hydrogen) atoms. The Morgan fingerprint density at radius 1 is 1.30 bits per heavy atom. The van der Waals surface area contributed by atoms with Crippen LogP contribution in [0.3, 0.4) is 0 Å². The SMILES string of the molecule is CCNC(=O)[C@@H]1C[C@H](NCc2cccc(C)n2)CN1Cc1cccc(Cl)c1. The van der Waals surface area contributed by atoms with Crippen LogP contribution in [-0.2, 0) is 17.9 Å². The smallest absolute Gasteiger partial charge is 0.237 e. The second kappa shape index (κ2) is 9.31. The molecule has 1 aromatic heterocycles. The zero-order chi connectivity index (χ0) is 19.2. The van der Waals surface area contributed by atoms with Crippen LogP contribution < -0.4 is 10.6 Å². The van der Waals surface area contributed by atoms with Crippen molar-refractivity contribution in [2.24, 2.45) is 0 Å². The van der Waals surface area contributed by atoms with E-state index in [1.807, 2.05) is 50.2 Å². The fraction of sp³-hybridized carbons (Fsp3) is 0.429. The Balaban J connectivity index is 1.66. The molecule has 2 atom stereocenters. The number of hydrogen-bond donors (Lipinski definition) is 2. The van der Waals surface area contributed by atoms with E-state index in [4.69, 9.17) is 11.6 Å². The van der Waals surface area contributed by atoms with Gasteiger partial charge in [0.25, 0.3) is 0 Å². The van der Waals surface area contributed by atoms with Gasteiger partial charge in [-0.2, -0.15) is 0 Å². The number of nitrogens with one attached hydrogen (secondary N) is 2. The summed E-state index contributed by atoms with van der Waals surface area (Å²) >= 11 is 6.12. The maximum absolute atomic E-state index is 12.6. The number of pyridine rings is 1. The molecule has 1 saturated heterocycles. The highest BCUT2D eigenvalue weighted by atomic mass is 35.5. The summed E-state index contributed by atoms with van der Waals surface area (Å²) in [5, 5.41) is 7.26. The number of nitrogens with zero attached hydrogens (tertiary/aromatic N) is 2. The van der Waals surface area contributed by atoms with Crippen LogP contribution in [0.5, 0.6) is 0 Å². The Morgan fingerprint density at radius 2 is 2.11 bits per heavy atom. The molecule has 3 rings (SSSR count). The average Bonchev–Trinajstić information content (AvgIpc) is 3.03. The number of carbonyl (C=O) groups excluding carboxylic acids is 1. The summed E-state index contributed by atoms with van der Waals surface area (Å²) in [6, 6.07) is 14.0. The van der Waals surface area contributed by atoms with Crippen LogP contribution in [0, 0.1) is 6.92 Å². The highest BCUT2D eigenvalue weighted by Crippen LogP contribution is 2.22. The van der Waals surface area contributed by atoms with Crippen LogP contribution in [-0.4, -0.2) is 41.0 Å². The van der Waals surface area contributed by atoms with Crippen LogP contribution in [0.1, 0.15) is 30.3 Å². The fourth-order valence-electron chi connectivity index (χ4n) is 3.61. The van der Waals surface area contributed by atoms with Crippen molar-refractivity contribution in [2.75, 3.05) is 13.1 Å².